The van der Waals surface area contributed by atoms with Crippen LogP contribution in [0.4, 0.5) is 0 Å². The number of likely N-dealkylation sites (tertiary alicyclic amines) is 1. The minimum atomic E-state index is -3.72. The first-order chi connectivity index (χ1) is 15.4. The fourth-order valence-corrected chi connectivity index (χ4v) is 5.13. The number of nitrogens with zero attached hydrogens (tertiary/aromatic N) is 2. The van der Waals surface area contributed by atoms with Crippen LogP contribution in [-0.4, -0.2) is 90.6 Å². The Kier molecular flexibility index (Phi) is 9.84. The number of benzene rings is 1. The maximum Gasteiger partial charge on any atom is 0.253 e. The van der Waals surface area contributed by atoms with Crippen molar-refractivity contribution in [2.75, 3.05) is 60.5 Å². The number of nitrogens with one attached hydrogen (secondary N) is 2. The van der Waals surface area contributed by atoms with Gasteiger partial charge in [-0.25, -0.2) is 13.1 Å². The van der Waals surface area contributed by atoms with Crippen LogP contribution < -0.4 is 10.0 Å². The van der Waals surface area contributed by atoms with E-state index in [2.05, 4.69) is 28.8 Å². The average Bonchev–Trinajstić information content (AvgIpc) is 2.76. The quantitative estimate of drug-likeness (QED) is 0.459. The van der Waals surface area contributed by atoms with Gasteiger partial charge in [0.2, 0.25) is 15.9 Å². The Hall–Kier alpha value is -2.01. The van der Waals surface area contributed by atoms with Crippen LogP contribution in [0.1, 0.15) is 37.0 Å². The number of rotatable bonds is 11. The van der Waals surface area contributed by atoms with Gasteiger partial charge in [0.25, 0.3) is 5.91 Å². The second kappa shape index (κ2) is 11.9. The zero-order chi connectivity index (χ0) is 24.6. The molecule has 0 spiro atoms. The van der Waals surface area contributed by atoms with Gasteiger partial charge < -0.3 is 19.9 Å². The van der Waals surface area contributed by atoms with Crippen molar-refractivity contribution in [2.24, 2.45) is 11.3 Å². The number of carbonyl (C=O) groups is 2. The fourth-order valence-electron chi connectivity index (χ4n) is 4.07. The number of piperidine rings is 1. The summed E-state index contributed by atoms with van der Waals surface area (Å²) in [5, 5.41) is 3.07. The number of sulfonamides is 1. The number of ether oxygens (including phenoxy) is 1. The highest BCUT2D eigenvalue weighted by molar-refractivity contribution is 7.89. The van der Waals surface area contributed by atoms with Gasteiger partial charge in [-0.1, -0.05) is 19.9 Å². The summed E-state index contributed by atoms with van der Waals surface area (Å²) in [7, 11) is 1.80. The van der Waals surface area contributed by atoms with E-state index < -0.39 is 10.0 Å². The summed E-state index contributed by atoms with van der Waals surface area (Å²) >= 11 is 0. The molecule has 1 aliphatic rings. The van der Waals surface area contributed by atoms with E-state index in [1.807, 2.05) is 14.1 Å². The van der Waals surface area contributed by atoms with Gasteiger partial charge in [0.1, 0.15) is 0 Å². The molecular formula is C23H38N4O5S. The van der Waals surface area contributed by atoms with Crippen LogP contribution in [0.15, 0.2) is 29.2 Å². The molecule has 1 aliphatic heterocycles. The molecule has 33 heavy (non-hydrogen) atoms. The zero-order valence-electron chi connectivity index (χ0n) is 20.4. The highest BCUT2D eigenvalue weighted by Gasteiger charge is 2.29. The van der Waals surface area contributed by atoms with Crippen molar-refractivity contribution >= 4 is 21.8 Å². The van der Waals surface area contributed by atoms with Crippen molar-refractivity contribution in [1.29, 1.82) is 0 Å². The second-order valence-electron chi connectivity index (χ2n) is 9.60. The molecule has 2 amide bonds. The summed E-state index contributed by atoms with van der Waals surface area (Å²) in [6.07, 6.45) is 1.17. The molecule has 0 radical (unpaired) electrons. The highest BCUT2D eigenvalue weighted by Crippen LogP contribution is 2.21. The van der Waals surface area contributed by atoms with Crippen molar-refractivity contribution in [3.8, 4) is 0 Å². The summed E-state index contributed by atoms with van der Waals surface area (Å²) in [6.45, 7) is 7.04. The lowest BCUT2D eigenvalue weighted by molar-refractivity contribution is -0.126. The molecule has 0 saturated carbocycles. The lowest BCUT2D eigenvalue weighted by Gasteiger charge is -2.33. The number of methoxy groups -OCH3 is 1. The Morgan fingerprint density at radius 3 is 2.48 bits per heavy atom. The molecule has 1 fully saturated rings. The molecule has 1 aromatic carbocycles. The SMILES string of the molecule is COCCNS(=O)(=O)c1cccc(C(=O)N2CCC(C(=O)NCC(C)(C)CN(C)C)CC2)c1. The van der Waals surface area contributed by atoms with Crippen molar-refractivity contribution in [3.05, 3.63) is 29.8 Å². The van der Waals surface area contributed by atoms with Crippen LogP contribution in [-0.2, 0) is 19.6 Å². The van der Waals surface area contributed by atoms with Crippen LogP contribution in [0.25, 0.3) is 0 Å². The molecule has 0 bridgehead atoms. The van der Waals surface area contributed by atoms with Crippen molar-refractivity contribution in [1.82, 2.24) is 19.8 Å². The summed E-state index contributed by atoms with van der Waals surface area (Å²) < 4.78 is 32.2. The van der Waals surface area contributed by atoms with E-state index in [0.29, 0.717) is 38.0 Å². The Labute approximate surface area is 197 Å². The number of carbonyl (C=O) groups excluding carboxylic acids is 2. The lowest BCUT2D eigenvalue weighted by Crippen LogP contribution is -2.46. The van der Waals surface area contributed by atoms with Gasteiger partial charge in [-0.15, -0.1) is 0 Å². The van der Waals surface area contributed by atoms with E-state index in [4.69, 9.17) is 4.74 Å². The molecular weight excluding hydrogens is 444 g/mol. The Morgan fingerprint density at radius 2 is 1.88 bits per heavy atom. The molecule has 0 aromatic heterocycles. The molecule has 1 aromatic rings. The Morgan fingerprint density at radius 1 is 1.21 bits per heavy atom. The van der Waals surface area contributed by atoms with Gasteiger partial charge in [0.05, 0.1) is 11.5 Å². The maximum atomic E-state index is 13.0. The topological polar surface area (TPSA) is 108 Å². The second-order valence-corrected chi connectivity index (χ2v) is 11.4. The molecule has 0 atom stereocenters. The lowest BCUT2D eigenvalue weighted by atomic mass is 9.91. The van der Waals surface area contributed by atoms with E-state index in [1.54, 1.807) is 17.0 Å². The molecule has 10 heteroatoms. The van der Waals surface area contributed by atoms with Gasteiger partial charge in [-0.3, -0.25) is 9.59 Å². The summed E-state index contributed by atoms with van der Waals surface area (Å²) in [5.74, 6) is -0.319. The average molecular weight is 483 g/mol. The monoisotopic (exact) mass is 482 g/mol. The van der Waals surface area contributed by atoms with Gasteiger partial charge in [-0.05, 0) is 50.6 Å². The number of hydrogen-bond acceptors (Lipinski definition) is 6. The van der Waals surface area contributed by atoms with Gasteiger partial charge in [0.15, 0.2) is 0 Å². The number of hydrogen-bond donors (Lipinski definition) is 2. The van der Waals surface area contributed by atoms with Gasteiger partial charge >= 0.3 is 0 Å². The van der Waals surface area contributed by atoms with Crippen LogP contribution in [0.3, 0.4) is 0 Å². The molecule has 186 valence electrons. The van der Waals surface area contributed by atoms with E-state index in [1.165, 1.54) is 19.2 Å². The van der Waals surface area contributed by atoms with Crippen LogP contribution in [0, 0.1) is 11.3 Å². The van der Waals surface area contributed by atoms with E-state index >= 15 is 0 Å². The summed E-state index contributed by atoms with van der Waals surface area (Å²) in [5.41, 5.74) is 0.289. The largest absolute Gasteiger partial charge is 0.383 e. The van der Waals surface area contributed by atoms with E-state index in [0.717, 1.165) is 6.54 Å². The van der Waals surface area contributed by atoms with Crippen molar-refractivity contribution < 1.29 is 22.7 Å². The number of amides is 2. The minimum absolute atomic E-state index is 0.0282. The van der Waals surface area contributed by atoms with Crippen LogP contribution in [0.5, 0.6) is 0 Å². The van der Waals surface area contributed by atoms with Gasteiger partial charge in [0, 0.05) is 51.3 Å². The van der Waals surface area contributed by atoms with Crippen LogP contribution >= 0.6 is 0 Å². The van der Waals surface area contributed by atoms with E-state index in [9.17, 15) is 18.0 Å². The first kappa shape index (κ1) is 27.2. The molecule has 0 unspecified atom stereocenters. The molecule has 9 nitrogen and oxygen atoms in total. The minimum Gasteiger partial charge on any atom is -0.383 e. The molecule has 0 aliphatic carbocycles. The predicted octanol–water partition coefficient (Wildman–Crippen LogP) is 1.17. The third-order valence-corrected chi connectivity index (χ3v) is 7.09. The molecule has 1 saturated heterocycles. The van der Waals surface area contributed by atoms with Crippen molar-refractivity contribution in [3.63, 3.8) is 0 Å². The summed E-state index contributed by atoms with van der Waals surface area (Å²) in [4.78, 5) is 29.4. The zero-order valence-corrected chi connectivity index (χ0v) is 21.2. The molecule has 2 rings (SSSR count). The van der Waals surface area contributed by atoms with Crippen LogP contribution in [0.2, 0.25) is 0 Å². The van der Waals surface area contributed by atoms with E-state index in [-0.39, 0.29) is 41.2 Å². The third-order valence-electron chi connectivity index (χ3n) is 5.63. The first-order valence-corrected chi connectivity index (χ1v) is 12.7. The maximum absolute atomic E-state index is 13.0. The summed E-state index contributed by atoms with van der Waals surface area (Å²) in [6, 6.07) is 6.03. The normalized spacial score (nSPS) is 15.6. The smallest absolute Gasteiger partial charge is 0.253 e. The Bertz CT molecular complexity index is 909. The fraction of sp³-hybridized carbons (Fsp3) is 0.652. The first-order valence-electron chi connectivity index (χ1n) is 11.3. The highest BCUT2D eigenvalue weighted by atomic mass is 32.2. The molecule has 1 heterocycles. The molecule has 2 N–H and O–H groups in total. The van der Waals surface area contributed by atoms with Gasteiger partial charge in [-0.2, -0.15) is 0 Å². The standard InChI is InChI=1S/C23H38N4O5S/c1-23(2,17-26(3)4)16-24-21(28)18-9-12-27(13-10-18)22(29)19-7-6-8-20(15-19)33(30,31)25-11-14-32-5/h6-8,15,18,25H,9-14,16-17H2,1-5H3,(H,24,28). The predicted molar refractivity (Wildman–Crippen MR) is 127 cm³/mol. The third kappa shape index (κ3) is 8.37. The van der Waals surface area contributed by atoms with Crippen molar-refractivity contribution in [2.45, 2.75) is 31.6 Å². The Balaban J connectivity index is 1.92.